The predicted octanol–water partition coefficient (Wildman–Crippen LogP) is 3.63. The Labute approximate surface area is 172 Å². The number of ether oxygens (including phenoxy) is 1. The van der Waals surface area contributed by atoms with Crippen molar-refractivity contribution in [2.45, 2.75) is 32.4 Å². The molecule has 1 saturated heterocycles. The van der Waals surface area contributed by atoms with Crippen LogP contribution in [0.4, 0.5) is 0 Å². The second kappa shape index (κ2) is 10.4. The summed E-state index contributed by atoms with van der Waals surface area (Å²) in [6, 6.07) is 14.1. The van der Waals surface area contributed by atoms with Gasteiger partial charge in [0.2, 0.25) is 0 Å². The molecule has 0 unspecified atom stereocenters. The Morgan fingerprint density at radius 2 is 1.92 bits per heavy atom. The fourth-order valence-corrected chi connectivity index (χ4v) is 3.08. The molecule has 1 fully saturated rings. The normalized spacial score (nSPS) is 15.3. The zero-order valence-electron chi connectivity index (χ0n) is 15.4. The van der Waals surface area contributed by atoms with Crippen LogP contribution in [0.5, 0.6) is 5.75 Å². The molecule has 140 valence electrons. The molecule has 0 saturated carbocycles. The first-order valence-corrected chi connectivity index (χ1v) is 8.84. The Balaban J connectivity index is 0.00000243. The van der Waals surface area contributed by atoms with Gasteiger partial charge in [0, 0.05) is 39.2 Å². The van der Waals surface area contributed by atoms with Crippen molar-refractivity contribution < 1.29 is 4.74 Å². The van der Waals surface area contributed by atoms with Crippen molar-refractivity contribution in [3.05, 3.63) is 59.9 Å². The van der Waals surface area contributed by atoms with Gasteiger partial charge >= 0.3 is 0 Å². The molecule has 6 heteroatoms. The van der Waals surface area contributed by atoms with Crippen LogP contribution in [0.2, 0.25) is 0 Å². The van der Waals surface area contributed by atoms with Crippen LogP contribution < -0.4 is 10.1 Å². The highest BCUT2D eigenvalue weighted by Gasteiger charge is 2.22. The standard InChI is InChI=1S/C20H26N4O.HI/c1-16-7-6-12-22-19(16)15-23-20(21-2)24-13-10-18(11-14-24)25-17-8-4-3-5-9-17;/h3-9,12,18H,10-11,13-15H2,1-2H3,(H,21,23);1H. The van der Waals surface area contributed by atoms with Crippen LogP contribution in [0.15, 0.2) is 53.7 Å². The molecule has 1 aliphatic heterocycles. The lowest BCUT2D eigenvalue weighted by Gasteiger charge is -2.34. The minimum Gasteiger partial charge on any atom is -0.490 e. The molecule has 2 heterocycles. The SMILES string of the molecule is CN=C(NCc1ncccc1C)N1CCC(Oc2ccccc2)CC1.I. The number of halogens is 1. The fourth-order valence-electron chi connectivity index (χ4n) is 3.08. The molecule has 0 radical (unpaired) electrons. The van der Waals surface area contributed by atoms with E-state index in [1.807, 2.05) is 49.6 Å². The lowest BCUT2D eigenvalue weighted by Crippen LogP contribution is -2.47. The maximum absolute atomic E-state index is 6.07. The third-order valence-electron chi connectivity index (χ3n) is 4.53. The van der Waals surface area contributed by atoms with Crippen molar-refractivity contribution in [3.63, 3.8) is 0 Å². The van der Waals surface area contributed by atoms with Gasteiger partial charge in [0.05, 0.1) is 12.2 Å². The summed E-state index contributed by atoms with van der Waals surface area (Å²) in [5, 5.41) is 3.43. The summed E-state index contributed by atoms with van der Waals surface area (Å²) in [5.41, 5.74) is 2.26. The van der Waals surface area contributed by atoms with Crippen LogP contribution in [0, 0.1) is 6.92 Å². The zero-order valence-corrected chi connectivity index (χ0v) is 17.7. The number of guanidine groups is 1. The Bertz CT molecular complexity index is 700. The third kappa shape index (κ3) is 5.59. The van der Waals surface area contributed by atoms with Gasteiger partial charge in [0.25, 0.3) is 0 Å². The summed E-state index contributed by atoms with van der Waals surface area (Å²) in [6.45, 7) is 4.66. The number of hydrogen-bond acceptors (Lipinski definition) is 3. The molecule has 0 aliphatic carbocycles. The first-order chi connectivity index (χ1) is 12.3. The van der Waals surface area contributed by atoms with Gasteiger partial charge in [-0.15, -0.1) is 24.0 Å². The molecular formula is C20H27IN4O. The minimum absolute atomic E-state index is 0. The molecule has 5 nitrogen and oxygen atoms in total. The van der Waals surface area contributed by atoms with Crippen LogP contribution in [-0.2, 0) is 6.54 Å². The monoisotopic (exact) mass is 466 g/mol. The average Bonchev–Trinajstić information content (AvgIpc) is 2.66. The van der Waals surface area contributed by atoms with Crippen LogP contribution in [0.1, 0.15) is 24.1 Å². The molecular weight excluding hydrogens is 439 g/mol. The summed E-state index contributed by atoms with van der Waals surface area (Å²) in [4.78, 5) is 11.2. The van der Waals surface area contributed by atoms with Crippen molar-refractivity contribution in [1.29, 1.82) is 0 Å². The summed E-state index contributed by atoms with van der Waals surface area (Å²) in [5.74, 6) is 1.89. The van der Waals surface area contributed by atoms with E-state index in [9.17, 15) is 0 Å². The van der Waals surface area contributed by atoms with Crippen LogP contribution in [-0.4, -0.2) is 42.1 Å². The van der Waals surface area contributed by atoms with Gasteiger partial charge in [-0.1, -0.05) is 24.3 Å². The second-order valence-corrected chi connectivity index (χ2v) is 6.29. The van der Waals surface area contributed by atoms with Crippen molar-refractivity contribution in [1.82, 2.24) is 15.2 Å². The van der Waals surface area contributed by atoms with E-state index >= 15 is 0 Å². The van der Waals surface area contributed by atoms with E-state index in [4.69, 9.17) is 4.74 Å². The molecule has 0 bridgehead atoms. The number of pyridine rings is 1. The number of benzene rings is 1. The van der Waals surface area contributed by atoms with Crippen molar-refractivity contribution in [3.8, 4) is 5.75 Å². The number of nitrogens with one attached hydrogen (secondary N) is 1. The number of aromatic nitrogens is 1. The van der Waals surface area contributed by atoms with E-state index in [1.165, 1.54) is 5.56 Å². The molecule has 2 aromatic rings. The van der Waals surface area contributed by atoms with E-state index in [0.29, 0.717) is 6.54 Å². The van der Waals surface area contributed by atoms with Crippen molar-refractivity contribution >= 4 is 29.9 Å². The van der Waals surface area contributed by atoms with Gasteiger partial charge in [0.15, 0.2) is 5.96 Å². The topological polar surface area (TPSA) is 49.8 Å². The number of hydrogen-bond donors (Lipinski definition) is 1. The largest absolute Gasteiger partial charge is 0.490 e. The van der Waals surface area contributed by atoms with E-state index in [0.717, 1.165) is 43.3 Å². The number of aliphatic imine (C=N–C) groups is 1. The van der Waals surface area contributed by atoms with E-state index in [1.54, 1.807) is 0 Å². The minimum atomic E-state index is 0. The summed E-state index contributed by atoms with van der Waals surface area (Å²) in [7, 11) is 1.83. The van der Waals surface area contributed by atoms with E-state index < -0.39 is 0 Å². The highest BCUT2D eigenvalue weighted by atomic mass is 127. The Morgan fingerprint density at radius 1 is 1.19 bits per heavy atom. The smallest absolute Gasteiger partial charge is 0.193 e. The van der Waals surface area contributed by atoms with E-state index in [-0.39, 0.29) is 30.1 Å². The quantitative estimate of drug-likeness (QED) is 0.425. The van der Waals surface area contributed by atoms with Crippen molar-refractivity contribution in [2.24, 2.45) is 4.99 Å². The van der Waals surface area contributed by atoms with Crippen LogP contribution in [0.3, 0.4) is 0 Å². The van der Waals surface area contributed by atoms with Gasteiger partial charge in [-0.3, -0.25) is 9.98 Å². The average molecular weight is 466 g/mol. The van der Waals surface area contributed by atoms with Crippen molar-refractivity contribution in [2.75, 3.05) is 20.1 Å². The number of rotatable bonds is 4. The molecule has 1 aromatic carbocycles. The van der Waals surface area contributed by atoms with Gasteiger partial charge < -0.3 is 15.0 Å². The molecule has 1 aliphatic rings. The number of nitrogens with zero attached hydrogens (tertiary/aromatic N) is 3. The van der Waals surface area contributed by atoms with Gasteiger partial charge in [0.1, 0.15) is 11.9 Å². The number of aryl methyl sites for hydroxylation is 1. The highest BCUT2D eigenvalue weighted by molar-refractivity contribution is 14.0. The highest BCUT2D eigenvalue weighted by Crippen LogP contribution is 2.18. The molecule has 26 heavy (non-hydrogen) atoms. The summed E-state index contributed by atoms with van der Waals surface area (Å²) >= 11 is 0. The Morgan fingerprint density at radius 3 is 2.58 bits per heavy atom. The molecule has 1 aromatic heterocycles. The summed E-state index contributed by atoms with van der Waals surface area (Å²) in [6.07, 6.45) is 4.10. The maximum atomic E-state index is 6.07. The van der Waals surface area contributed by atoms with E-state index in [2.05, 4.69) is 33.2 Å². The molecule has 0 spiro atoms. The number of piperidine rings is 1. The predicted molar refractivity (Wildman–Crippen MR) is 116 cm³/mol. The first kappa shape index (κ1) is 20.5. The number of para-hydroxylation sites is 1. The second-order valence-electron chi connectivity index (χ2n) is 6.29. The summed E-state index contributed by atoms with van der Waals surface area (Å²) < 4.78 is 6.07. The first-order valence-electron chi connectivity index (χ1n) is 8.84. The maximum Gasteiger partial charge on any atom is 0.193 e. The van der Waals surface area contributed by atoms with Crippen LogP contribution in [0.25, 0.3) is 0 Å². The third-order valence-corrected chi connectivity index (χ3v) is 4.53. The fraction of sp³-hybridized carbons (Fsp3) is 0.400. The van der Waals surface area contributed by atoms with Gasteiger partial charge in [-0.25, -0.2) is 0 Å². The molecule has 1 N–H and O–H groups in total. The molecule has 3 rings (SSSR count). The molecule has 0 atom stereocenters. The Hall–Kier alpha value is -1.83. The van der Waals surface area contributed by atoms with Gasteiger partial charge in [-0.05, 0) is 30.7 Å². The lowest BCUT2D eigenvalue weighted by molar-refractivity contribution is 0.129. The Kier molecular flexibility index (Phi) is 8.15. The van der Waals surface area contributed by atoms with Gasteiger partial charge in [-0.2, -0.15) is 0 Å². The number of likely N-dealkylation sites (tertiary alicyclic amines) is 1. The van der Waals surface area contributed by atoms with Crippen LogP contribution >= 0.6 is 24.0 Å². The zero-order chi connectivity index (χ0) is 17.5. The molecule has 0 amide bonds. The lowest BCUT2D eigenvalue weighted by atomic mass is 10.1.